The molecule has 0 bridgehead atoms. The Hall–Kier alpha value is -0.130. The molecule has 1 aliphatic rings. The van der Waals surface area contributed by atoms with E-state index >= 15 is 0 Å². The summed E-state index contributed by atoms with van der Waals surface area (Å²) in [6, 6.07) is -0.00876. The van der Waals surface area contributed by atoms with Crippen molar-refractivity contribution in [1.29, 1.82) is 0 Å². The molecule has 0 saturated heterocycles. The van der Waals surface area contributed by atoms with Gasteiger partial charge in [0.2, 0.25) is 0 Å². The second kappa shape index (κ2) is 6.35. The summed E-state index contributed by atoms with van der Waals surface area (Å²) in [7, 11) is -3.02. The normalized spacial score (nSPS) is 30.1. The summed E-state index contributed by atoms with van der Waals surface area (Å²) in [5, 5.41) is -0.323. The first-order valence-electron chi connectivity index (χ1n) is 6.85. The third-order valence-electron chi connectivity index (χ3n) is 3.62. The van der Waals surface area contributed by atoms with Gasteiger partial charge >= 0.3 is 0 Å². The minimum atomic E-state index is -3.02. The SMILES string of the molecule is CC(C)OC1CC[C@H](N)[C@@H](CS(=O)(=O)C(C)C)C1. The zero-order chi connectivity index (χ0) is 13.9. The summed E-state index contributed by atoms with van der Waals surface area (Å²) in [6.45, 7) is 7.47. The topological polar surface area (TPSA) is 69.4 Å². The first-order valence-corrected chi connectivity index (χ1v) is 8.56. The summed E-state index contributed by atoms with van der Waals surface area (Å²) in [5.74, 6) is 0.235. The van der Waals surface area contributed by atoms with Crippen molar-refractivity contribution in [3.8, 4) is 0 Å². The molecule has 0 aliphatic heterocycles. The van der Waals surface area contributed by atoms with Crippen LogP contribution >= 0.6 is 0 Å². The molecule has 0 radical (unpaired) electrons. The standard InChI is InChI=1S/C13H27NO3S/c1-9(2)17-12-5-6-13(14)11(7-12)8-18(15,16)10(3)4/h9-13H,5-8,14H2,1-4H3/t11-,12?,13+/m1/s1. The molecule has 0 aromatic rings. The molecule has 1 rings (SSSR count). The molecule has 3 atom stereocenters. The Labute approximate surface area is 111 Å². The first-order chi connectivity index (χ1) is 8.22. The number of nitrogens with two attached hydrogens (primary N) is 1. The Bertz CT molecular complexity index is 351. The van der Waals surface area contributed by atoms with Crippen LogP contribution in [-0.2, 0) is 14.6 Å². The fourth-order valence-corrected chi connectivity index (χ4v) is 3.80. The van der Waals surface area contributed by atoms with Crippen LogP contribution in [0.4, 0.5) is 0 Å². The molecule has 0 aromatic heterocycles. The quantitative estimate of drug-likeness (QED) is 0.831. The van der Waals surface area contributed by atoms with Gasteiger partial charge in [0.15, 0.2) is 9.84 Å². The Morgan fingerprint density at radius 1 is 1.22 bits per heavy atom. The molecule has 0 aromatic carbocycles. The highest BCUT2D eigenvalue weighted by Gasteiger charge is 2.33. The zero-order valence-electron chi connectivity index (χ0n) is 11.9. The third kappa shape index (κ3) is 4.52. The maximum atomic E-state index is 12.0. The lowest BCUT2D eigenvalue weighted by Crippen LogP contribution is -2.43. The van der Waals surface area contributed by atoms with E-state index in [1.54, 1.807) is 13.8 Å². The van der Waals surface area contributed by atoms with Gasteiger partial charge in [0.05, 0.1) is 23.2 Å². The van der Waals surface area contributed by atoms with Gasteiger partial charge in [0, 0.05) is 6.04 Å². The van der Waals surface area contributed by atoms with Crippen molar-refractivity contribution < 1.29 is 13.2 Å². The van der Waals surface area contributed by atoms with E-state index in [-0.39, 0.29) is 35.2 Å². The van der Waals surface area contributed by atoms with Gasteiger partial charge in [-0.3, -0.25) is 0 Å². The average molecular weight is 277 g/mol. The summed E-state index contributed by atoms with van der Waals surface area (Å²) in [5.41, 5.74) is 6.06. The second-order valence-electron chi connectivity index (χ2n) is 5.92. The van der Waals surface area contributed by atoms with E-state index in [2.05, 4.69) is 0 Å². The van der Waals surface area contributed by atoms with Gasteiger partial charge in [-0.2, -0.15) is 0 Å². The Balaban J connectivity index is 2.63. The Morgan fingerprint density at radius 3 is 2.33 bits per heavy atom. The van der Waals surface area contributed by atoms with Crippen LogP contribution in [0.5, 0.6) is 0 Å². The maximum Gasteiger partial charge on any atom is 0.152 e. The van der Waals surface area contributed by atoms with Gasteiger partial charge in [0.1, 0.15) is 0 Å². The molecular formula is C13H27NO3S. The van der Waals surface area contributed by atoms with E-state index in [0.29, 0.717) is 0 Å². The van der Waals surface area contributed by atoms with E-state index in [0.717, 1.165) is 19.3 Å². The van der Waals surface area contributed by atoms with Gasteiger partial charge in [0.25, 0.3) is 0 Å². The van der Waals surface area contributed by atoms with Gasteiger partial charge in [-0.05, 0) is 52.9 Å². The Morgan fingerprint density at radius 2 is 1.83 bits per heavy atom. The van der Waals surface area contributed by atoms with Gasteiger partial charge in [-0.15, -0.1) is 0 Å². The van der Waals surface area contributed by atoms with Gasteiger partial charge in [-0.25, -0.2) is 8.42 Å². The second-order valence-corrected chi connectivity index (χ2v) is 8.52. The van der Waals surface area contributed by atoms with Gasteiger partial charge in [-0.1, -0.05) is 0 Å². The average Bonchev–Trinajstić information content (AvgIpc) is 2.21. The molecule has 1 unspecified atom stereocenters. The monoisotopic (exact) mass is 277 g/mol. The molecule has 108 valence electrons. The predicted molar refractivity (Wildman–Crippen MR) is 74.2 cm³/mol. The van der Waals surface area contributed by atoms with Crippen LogP contribution in [0.2, 0.25) is 0 Å². The van der Waals surface area contributed by atoms with Crippen LogP contribution in [0.15, 0.2) is 0 Å². The molecule has 1 fully saturated rings. The maximum absolute atomic E-state index is 12.0. The highest BCUT2D eigenvalue weighted by atomic mass is 32.2. The molecule has 0 heterocycles. The molecule has 1 saturated carbocycles. The number of rotatable bonds is 5. The summed E-state index contributed by atoms with van der Waals surface area (Å²) in [6.07, 6.45) is 2.92. The van der Waals surface area contributed by atoms with Crippen LogP contribution in [-0.4, -0.2) is 37.7 Å². The number of hydrogen-bond donors (Lipinski definition) is 1. The molecule has 0 amide bonds. The van der Waals surface area contributed by atoms with Crippen molar-refractivity contribution >= 4 is 9.84 Å². The fraction of sp³-hybridized carbons (Fsp3) is 1.00. The van der Waals surface area contributed by atoms with Crippen molar-refractivity contribution in [2.75, 3.05) is 5.75 Å². The Kier molecular flexibility index (Phi) is 5.62. The van der Waals surface area contributed by atoms with E-state index in [4.69, 9.17) is 10.5 Å². The number of ether oxygens (including phenoxy) is 1. The predicted octanol–water partition coefficient (Wildman–Crippen LogP) is 1.73. The minimum Gasteiger partial charge on any atom is -0.376 e. The van der Waals surface area contributed by atoms with Crippen LogP contribution < -0.4 is 5.73 Å². The van der Waals surface area contributed by atoms with Crippen molar-refractivity contribution in [3.05, 3.63) is 0 Å². The summed E-state index contributed by atoms with van der Waals surface area (Å²) < 4.78 is 29.7. The molecular weight excluding hydrogens is 250 g/mol. The van der Waals surface area contributed by atoms with Crippen molar-refractivity contribution in [2.24, 2.45) is 11.7 Å². The smallest absolute Gasteiger partial charge is 0.152 e. The van der Waals surface area contributed by atoms with E-state index < -0.39 is 9.84 Å². The van der Waals surface area contributed by atoms with E-state index in [1.807, 2.05) is 13.8 Å². The largest absolute Gasteiger partial charge is 0.376 e. The highest BCUT2D eigenvalue weighted by molar-refractivity contribution is 7.91. The minimum absolute atomic E-state index is 0.00876. The lowest BCUT2D eigenvalue weighted by molar-refractivity contribution is -0.0251. The highest BCUT2D eigenvalue weighted by Crippen LogP contribution is 2.28. The third-order valence-corrected chi connectivity index (χ3v) is 5.95. The van der Waals surface area contributed by atoms with Crippen molar-refractivity contribution in [1.82, 2.24) is 0 Å². The van der Waals surface area contributed by atoms with E-state index in [9.17, 15) is 8.42 Å². The molecule has 0 spiro atoms. The fourth-order valence-electron chi connectivity index (χ4n) is 2.44. The molecule has 2 N–H and O–H groups in total. The summed E-state index contributed by atoms with van der Waals surface area (Å²) >= 11 is 0. The zero-order valence-corrected chi connectivity index (χ0v) is 12.7. The molecule has 18 heavy (non-hydrogen) atoms. The number of hydrogen-bond acceptors (Lipinski definition) is 4. The molecule has 5 heteroatoms. The lowest BCUT2D eigenvalue weighted by Gasteiger charge is -2.35. The number of sulfone groups is 1. The molecule has 1 aliphatic carbocycles. The summed E-state index contributed by atoms with van der Waals surface area (Å²) in [4.78, 5) is 0. The lowest BCUT2D eigenvalue weighted by atomic mass is 9.84. The van der Waals surface area contributed by atoms with E-state index in [1.165, 1.54) is 0 Å². The van der Waals surface area contributed by atoms with Crippen molar-refractivity contribution in [3.63, 3.8) is 0 Å². The van der Waals surface area contributed by atoms with Gasteiger partial charge < -0.3 is 10.5 Å². The van der Waals surface area contributed by atoms with Crippen LogP contribution in [0.1, 0.15) is 47.0 Å². The molecule has 4 nitrogen and oxygen atoms in total. The van der Waals surface area contributed by atoms with Crippen LogP contribution in [0.3, 0.4) is 0 Å². The first kappa shape index (κ1) is 15.9. The van der Waals surface area contributed by atoms with Crippen LogP contribution in [0, 0.1) is 5.92 Å². The van der Waals surface area contributed by atoms with Crippen LogP contribution in [0.25, 0.3) is 0 Å². The van der Waals surface area contributed by atoms with Crippen molar-refractivity contribution in [2.45, 2.75) is 70.5 Å².